The molecule has 0 radical (unpaired) electrons. The molecule has 1 amide bonds. The molecule has 0 bridgehead atoms. The van der Waals surface area contributed by atoms with Gasteiger partial charge in [-0.1, -0.05) is 12.8 Å². The van der Waals surface area contributed by atoms with Crippen LogP contribution < -0.4 is 0 Å². The Kier molecular flexibility index (Phi) is 3.64. The number of hydrogen-bond acceptors (Lipinski definition) is 3. The van der Waals surface area contributed by atoms with Gasteiger partial charge in [0.1, 0.15) is 11.7 Å². The number of aliphatic carboxylic acids is 1. The number of carbonyl (C=O) groups is 2. The second-order valence-corrected chi connectivity index (χ2v) is 4.54. The summed E-state index contributed by atoms with van der Waals surface area (Å²) in [5, 5.41) is 13.2. The van der Waals surface area contributed by atoms with Gasteiger partial charge in [0.25, 0.3) is 5.91 Å². The third-order valence-electron chi connectivity index (χ3n) is 3.34. The zero-order chi connectivity index (χ0) is 13.1. The van der Waals surface area contributed by atoms with E-state index in [2.05, 4.69) is 5.10 Å². The van der Waals surface area contributed by atoms with Crippen molar-refractivity contribution in [2.45, 2.75) is 31.7 Å². The molecule has 2 rings (SSSR count). The zero-order valence-corrected chi connectivity index (χ0v) is 10.4. The summed E-state index contributed by atoms with van der Waals surface area (Å²) >= 11 is 0. The van der Waals surface area contributed by atoms with Crippen LogP contribution in [-0.2, 0) is 11.8 Å². The smallest absolute Gasteiger partial charge is 0.326 e. The highest BCUT2D eigenvalue weighted by Crippen LogP contribution is 2.19. The van der Waals surface area contributed by atoms with Crippen molar-refractivity contribution in [2.24, 2.45) is 7.05 Å². The van der Waals surface area contributed by atoms with Gasteiger partial charge in [-0.25, -0.2) is 4.79 Å². The molecule has 18 heavy (non-hydrogen) atoms. The summed E-state index contributed by atoms with van der Waals surface area (Å²) < 4.78 is 1.48. The number of nitrogens with zero attached hydrogens (tertiary/aromatic N) is 3. The Morgan fingerprint density at radius 2 is 2.17 bits per heavy atom. The predicted molar refractivity (Wildman–Crippen MR) is 64.1 cm³/mol. The van der Waals surface area contributed by atoms with Crippen molar-refractivity contribution < 1.29 is 14.7 Å². The van der Waals surface area contributed by atoms with Crippen LogP contribution in [0.2, 0.25) is 0 Å². The Bertz CT molecular complexity index is 455. The standard InChI is InChI=1S/C12H17N3O3/c1-14-9(6-7-13-14)11(16)15-8-4-2-3-5-10(15)12(17)18/h6-7,10H,2-5,8H2,1H3,(H,17,18). The van der Waals surface area contributed by atoms with Crippen molar-refractivity contribution >= 4 is 11.9 Å². The Labute approximate surface area is 105 Å². The van der Waals surface area contributed by atoms with Gasteiger partial charge < -0.3 is 10.0 Å². The largest absolute Gasteiger partial charge is 0.480 e. The van der Waals surface area contributed by atoms with E-state index in [1.54, 1.807) is 19.3 Å². The average Bonchev–Trinajstić information content (AvgIpc) is 2.63. The Hall–Kier alpha value is -1.85. The van der Waals surface area contributed by atoms with Crippen LogP contribution in [-0.4, -0.2) is 44.3 Å². The topological polar surface area (TPSA) is 75.4 Å². The van der Waals surface area contributed by atoms with Gasteiger partial charge >= 0.3 is 5.97 Å². The molecule has 1 aliphatic rings. The minimum atomic E-state index is -0.924. The van der Waals surface area contributed by atoms with Crippen LogP contribution in [0.25, 0.3) is 0 Å². The molecule has 0 spiro atoms. The summed E-state index contributed by atoms with van der Waals surface area (Å²) in [4.78, 5) is 25.1. The van der Waals surface area contributed by atoms with E-state index in [9.17, 15) is 14.7 Å². The van der Waals surface area contributed by atoms with Crippen LogP contribution in [0.4, 0.5) is 0 Å². The lowest BCUT2D eigenvalue weighted by atomic mass is 10.1. The van der Waals surface area contributed by atoms with E-state index < -0.39 is 12.0 Å². The van der Waals surface area contributed by atoms with Gasteiger partial charge in [-0.15, -0.1) is 0 Å². The number of carbonyl (C=O) groups excluding carboxylic acids is 1. The molecular weight excluding hydrogens is 234 g/mol. The first-order valence-electron chi connectivity index (χ1n) is 6.13. The third-order valence-corrected chi connectivity index (χ3v) is 3.34. The molecule has 0 aromatic carbocycles. The summed E-state index contributed by atoms with van der Waals surface area (Å²) in [5.41, 5.74) is 0.433. The van der Waals surface area contributed by atoms with E-state index >= 15 is 0 Å². The lowest BCUT2D eigenvalue weighted by Crippen LogP contribution is -2.45. The number of carboxylic acid groups (broad SMARTS) is 1. The number of carboxylic acids is 1. The van der Waals surface area contributed by atoms with Crippen molar-refractivity contribution in [3.05, 3.63) is 18.0 Å². The maximum atomic E-state index is 12.4. The minimum absolute atomic E-state index is 0.246. The number of amides is 1. The Balaban J connectivity index is 2.25. The van der Waals surface area contributed by atoms with Crippen LogP contribution >= 0.6 is 0 Å². The molecular formula is C12H17N3O3. The molecule has 2 heterocycles. The molecule has 1 N–H and O–H groups in total. The van der Waals surface area contributed by atoms with Gasteiger partial charge in [0.15, 0.2) is 0 Å². The molecule has 6 heteroatoms. The van der Waals surface area contributed by atoms with Crippen molar-refractivity contribution in [3.8, 4) is 0 Å². The predicted octanol–water partition coefficient (Wildman–Crippen LogP) is 0.889. The number of rotatable bonds is 2. The molecule has 1 unspecified atom stereocenters. The maximum absolute atomic E-state index is 12.4. The van der Waals surface area contributed by atoms with Crippen molar-refractivity contribution in [1.29, 1.82) is 0 Å². The van der Waals surface area contributed by atoms with Crippen LogP contribution in [0.15, 0.2) is 12.3 Å². The third kappa shape index (κ3) is 2.37. The second kappa shape index (κ2) is 5.20. The second-order valence-electron chi connectivity index (χ2n) is 4.54. The average molecular weight is 251 g/mol. The van der Waals surface area contributed by atoms with Gasteiger partial charge in [0, 0.05) is 19.8 Å². The summed E-state index contributed by atoms with van der Waals surface area (Å²) in [5.74, 6) is -1.17. The van der Waals surface area contributed by atoms with Gasteiger partial charge in [0.05, 0.1) is 0 Å². The molecule has 1 aromatic rings. The highest BCUT2D eigenvalue weighted by atomic mass is 16.4. The van der Waals surface area contributed by atoms with Crippen LogP contribution in [0, 0.1) is 0 Å². The number of hydrogen-bond donors (Lipinski definition) is 1. The quantitative estimate of drug-likeness (QED) is 0.847. The van der Waals surface area contributed by atoms with Crippen LogP contribution in [0.5, 0.6) is 0 Å². The van der Waals surface area contributed by atoms with Gasteiger partial charge in [-0.3, -0.25) is 9.48 Å². The highest BCUT2D eigenvalue weighted by molar-refractivity contribution is 5.95. The number of aryl methyl sites for hydroxylation is 1. The SMILES string of the molecule is Cn1nccc1C(=O)N1CCCCCC1C(=O)O. The van der Waals surface area contributed by atoms with E-state index in [0.29, 0.717) is 18.7 Å². The molecule has 1 aliphatic heterocycles. The monoisotopic (exact) mass is 251 g/mol. The van der Waals surface area contributed by atoms with E-state index in [-0.39, 0.29) is 5.91 Å². The molecule has 1 saturated heterocycles. The minimum Gasteiger partial charge on any atom is -0.480 e. The van der Waals surface area contributed by atoms with E-state index in [1.165, 1.54) is 9.58 Å². The van der Waals surface area contributed by atoms with Gasteiger partial charge in [-0.2, -0.15) is 5.10 Å². The molecule has 1 atom stereocenters. The summed E-state index contributed by atoms with van der Waals surface area (Å²) in [6.07, 6.45) is 4.75. The van der Waals surface area contributed by atoms with E-state index in [4.69, 9.17) is 0 Å². The fraction of sp³-hybridized carbons (Fsp3) is 0.583. The fourth-order valence-electron chi connectivity index (χ4n) is 2.34. The molecule has 98 valence electrons. The normalized spacial score (nSPS) is 20.5. The van der Waals surface area contributed by atoms with Crippen molar-refractivity contribution in [1.82, 2.24) is 14.7 Å². The first kappa shape index (κ1) is 12.6. The van der Waals surface area contributed by atoms with E-state index in [0.717, 1.165) is 19.3 Å². The molecule has 0 saturated carbocycles. The summed E-state index contributed by atoms with van der Waals surface area (Å²) in [6, 6.07) is 0.904. The van der Waals surface area contributed by atoms with E-state index in [1.807, 2.05) is 0 Å². The zero-order valence-electron chi connectivity index (χ0n) is 10.4. The molecule has 1 aromatic heterocycles. The Morgan fingerprint density at radius 1 is 1.39 bits per heavy atom. The van der Waals surface area contributed by atoms with Crippen molar-refractivity contribution in [3.63, 3.8) is 0 Å². The lowest BCUT2D eigenvalue weighted by Gasteiger charge is -2.26. The highest BCUT2D eigenvalue weighted by Gasteiger charge is 2.32. The van der Waals surface area contributed by atoms with Crippen LogP contribution in [0.1, 0.15) is 36.2 Å². The maximum Gasteiger partial charge on any atom is 0.326 e. The summed E-state index contributed by atoms with van der Waals surface area (Å²) in [6.45, 7) is 0.501. The molecule has 1 fully saturated rings. The molecule has 0 aliphatic carbocycles. The molecule has 6 nitrogen and oxygen atoms in total. The lowest BCUT2D eigenvalue weighted by molar-refractivity contribution is -0.142. The first-order chi connectivity index (χ1) is 8.61. The van der Waals surface area contributed by atoms with Crippen LogP contribution in [0.3, 0.4) is 0 Å². The summed E-state index contributed by atoms with van der Waals surface area (Å²) in [7, 11) is 1.68. The van der Waals surface area contributed by atoms with Gasteiger partial charge in [-0.05, 0) is 18.9 Å². The number of likely N-dealkylation sites (tertiary alicyclic amines) is 1. The first-order valence-corrected chi connectivity index (χ1v) is 6.13. The number of aromatic nitrogens is 2. The Morgan fingerprint density at radius 3 is 2.78 bits per heavy atom. The van der Waals surface area contributed by atoms with Crippen molar-refractivity contribution in [2.75, 3.05) is 6.54 Å². The van der Waals surface area contributed by atoms with Gasteiger partial charge in [0.2, 0.25) is 0 Å². The fourth-order valence-corrected chi connectivity index (χ4v) is 2.34.